The number of hydrogen-bond donors (Lipinski definition) is 1. The summed E-state index contributed by atoms with van der Waals surface area (Å²) in [5.74, 6) is 0.952. The van der Waals surface area contributed by atoms with Crippen molar-refractivity contribution in [1.29, 1.82) is 0 Å². The van der Waals surface area contributed by atoms with Gasteiger partial charge in [-0.1, -0.05) is 6.07 Å². The Balaban J connectivity index is 1.93. The van der Waals surface area contributed by atoms with E-state index in [1.807, 2.05) is 18.2 Å². The maximum atomic E-state index is 13.0. The van der Waals surface area contributed by atoms with Crippen LogP contribution in [0.1, 0.15) is 17.7 Å². The molecule has 9 heteroatoms. The third kappa shape index (κ3) is 7.40. The van der Waals surface area contributed by atoms with Crippen molar-refractivity contribution in [3.63, 3.8) is 0 Å². The fourth-order valence-corrected chi connectivity index (χ4v) is 3.06. The number of ether oxygens (including phenoxy) is 2. The summed E-state index contributed by atoms with van der Waals surface area (Å²) < 4.78 is 49.2. The summed E-state index contributed by atoms with van der Waals surface area (Å²) in [5.41, 5.74) is 0.0386. The Kier molecular flexibility index (Phi) is 8.59. The molecule has 0 atom stereocenters. The van der Waals surface area contributed by atoms with Gasteiger partial charge in [0.15, 0.2) is 0 Å². The highest BCUT2D eigenvalue weighted by molar-refractivity contribution is 7.98. The maximum Gasteiger partial charge on any atom is 0.416 e. The Labute approximate surface area is 165 Å². The van der Waals surface area contributed by atoms with Crippen molar-refractivity contribution in [2.24, 2.45) is 0 Å². The summed E-state index contributed by atoms with van der Waals surface area (Å²) in [6.07, 6.45) is -2.66. The van der Waals surface area contributed by atoms with Gasteiger partial charge in [-0.2, -0.15) is 24.9 Å². The van der Waals surface area contributed by atoms with Gasteiger partial charge in [-0.05, 0) is 30.3 Å². The number of carbonyl (C=O) groups excluding carboxylic acids is 1. The van der Waals surface area contributed by atoms with Crippen molar-refractivity contribution in [1.82, 2.24) is 4.98 Å². The van der Waals surface area contributed by atoms with Gasteiger partial charge >= 0.3 is 6.18 Å². The van der Waals surface area contributed by atoms with Crippen molar-refractivity contribution >= 4 is 23.4 Å². The van der Waals surface area contributed by atoms with Gasteiger partial charge in [0.25, 0.3) is 0 Å². The van der Waals surface area contributed by atoms with Gasteiger partial charge in [-0.3, -0.25) is 9.78 Å². The second kappa shape index (κ2) is 10.9. The van der Waals surface area contributed by atoms with Crippen LogP contribution in [0.4, 0.5) is 18.9 Å². The molecule has 0 radical (unpaired) electrons. The summed E-state index contributed by atoms with van der Waals surface area (Å²) >= 11 is 1.52. The largest absolute Gasteiger partial charge is 0.489 e. The smallest absolute Gasteiger partial charge is 0.416 e. The lowest BCUT2D eigenvalue weighted by Gasteiger charge is -2.15. The third-order valence-electron chi connectivity index (χ3n) is 3.58. The monoisotopic (exact) mass is 414 g/mol. The van der Waals surface area contributed by atoms with Gasteiger partial charge in [0, 0.05) is 31.2 Å². The van der Waals surface area contributed by atoms with Crippen molar-refractivity contribution in [2.45, 2.75) is 18.3 Å². The highest BCUT2D eigenvalue weighted by Crippen LogP contribution is 2.35. The zero-order chi connectivity index (χ0) is 20.4. The summed E-state index contributed by atoms with van der Waals surface area (Å²) in [4.78, 5) is 16.4. The minimum absolute atomic E-state index is 0.00865. The highest BCUT2D eigenvalue weighted by atomic mass is 32.2. The van der Waals surface area contributed by atoms with Crippen LogP contribution in [0.2, 0.25) is 0 Å². The van der Waals surface area contributed by atoms with Crippen LogP contribution >= 0.6 is 11.8 Å². The molecule has 0 aliphatic carbocycles. The van der Waals surface area contributed by atoms with Gasteiger partial charge in [-0.25, -0.2) is 0 Å². The van der Waals surface area contributed by atoms with Crippen LogP contribution in [0.5, 0.6) is 5.75 Å². The molecule has 1 aromatic carbocycles. The SMILES string of the molecule is COCCOc1ccc(C(F)(F)F)cc1NC(=O)CCSCc1ccccn1. The van der Waals surface area contributed by atoms with Crippen LogP contribution in [0, 0.1) is 0 Å². The van der Waals surface area contributed by atoms with Crippen LogP contribution in [-0.2, 0) is 21.5 Å². The molecule has 0 spiro atoms. The fraction of sp³-hybridized carbons (Fsp3) is 0.368. The zero-order valence-electron chi connectivity index (χ0n) is 15.3. The Morgan fingerprint density at radius 2 is 2.04 bits per heavy atom. The van der Waals surface area contributed by atoms with Crippen molar-refractivity contribution in [3.05, 3.63) is 53.9 Å². The predicted molar refractivity (Wildman–Crippen MR) is 102 cm³/mol. The van der Waals surface area contributed by atoms with Crippen molar-refractivity contribution in [2.75, 3.05) is 31.4 Å². The third-order valence-corrected chi connectivity index (χ3v) is 4.57. The Morgan fingerprint density at radius 3 is 2.71 bits per heavy atom. The number of nitrogens with zero attached hydrogens (tertiary/aromatic N) is 1. The number of benzene rings is 1. The van der Waals surface area contributed by atoms with E-state index in [0.717, 1.165) is 17.8 Å². The quantitative estimate of drug-likeness (QED) is 0.585. The number of halogens is 3. The number of amides is 1. The number of pyridine rings is 1. The average molecular weight is 414 g/mol. The van der Waals surface area contributed by atoms with Crippen LogP contribution in [-0.4, -0.2) is 37.0 Å². The van der Waals surface area contributed by atoms with Crippen LogP contribution < -0.4 is 10.1 Å². The Hall–Kier alpha value is -2.26. The molecule has 1 aromatic heterocycles. The van der Waals surface area contributed by atoms with E-state index >= 15 is 0 Å². The summed E-state index contributed by atoms with van der Waals surface area (Å²) in [6.45, 7) is 0.434. The number of rotatable bonds is 10. The molecule has 0 fully saturated rings. The number of methoxy groups -OCH3 is 1. The number of alkyl halides is 3. The Bertz CT molecular complexity index is 758. The van der Waals surface area contributed by atoms with Gasteiger partial charge in [0.2, 0.25) is 5.91 Å². The molecule has 5 nitrogen and oxygen atoms in total. The molecular formula is C19H21F3N2O3S. The number of carbonyl (C=O) groups is 1. The highest BCUT2D eigenvalue weighted by Gasteiger charge is 2.31. The maximum absolute atomic E-state index is 13.0. The van der Waals surface area contributed by atoms with E-state index in [4.69, 9.17) is 9.47 Å². The van der Waals surface area contributed by atoms with Gasteiger partial charge < -0.3 is 14.8 Å². The van der Waals surface area contributed by atoms with Gasteiger partial charge in [0.1, 0.15) is 12.4 Å². The minimum atomic E-state index is -4.51. The molecule has 0 aliphatic heterocycles. The normalized spacial score (nSPS) is 11.3. The summed E-state index contributed by atoms with van der Waals surface area (Å²) in [5, 5.41) is 2.51. The van der Waals surface area contributed by atoms with E-state index in [-0.39, 0.29) is 37.0 Å². The van der Waals surface area contributed by atoms with E-state index < -0.39 is 11.7 Å². The van der Waals surface area contributed by atoms with E-state index in [1.54, 1.807) is 6.20 Å². The lowest BCUT2D eigenvalue weighted by atomic mass is 10.1. The molecule has 2 rings (SSSR count). The number of anilines is 1. The average Bonchev–Trinajstić information content (AvgIpc) is 2.66. The van der Waals surface area contributed by atoms with E-state index in [2.05, 4.69) is 10.3 Å². The van der Waals surface area contributed by atoms with Gasteiger partial charge in [-0.15, -0.1) is 0 Å². The first-order chi connectivity index (χ1) is 13.4. The second-order valence-corrected chi connectivity index (χ2v) is 6.83. The van der Waals surface area contributed by atoms with E-state index in [9.17, 15) is 18.0 Å². The second-order valence-electron chi connectivity index (χ2n) is 5.72. The van der Waals surface area contributed by atoms with E-state index in [0.29, 0.717) is 11.5 Å². The first-order valence-electron chi connectivity index (χ1n) is 8.50. The number of nitrogens with one attached hydrogen (secondary N) is 1. The molecule has 28 heavy (non-hydrogen) atoms. The number of thioether (sulfide) groups is 1. The fourth-order valence-electron chi connectivity index (χ4n) is 2.20. The first kappa shape index (κ1) is 22.0. The molecule has 152 valence electrons. The molecule has 1 heterocycles. The molecule has 0 saturated heterocycles. The van der Waals surface area contributed by atoms with Crippen LogP contribution in [0.25, 0.3) is 0 Å². The molecule has 1 N–H and O–H groups in total. The summed E-state index contributed by atoms with van der Waals surface area (Å²) in [7, 11) is 1.49. The van der Waals surface area contributed by atoms with Crippen LogP contribution in [0.3, 0.4) is 0 Å². The van der Waals surface area contributed by atoms with E-state index in [1.165, 1.54) is 24.9 Å². The van der Waals surface area contributed by atoms with Crippen molar-refractivity contribution < 1.29 is 27.4 Å². The Morgan fingerprint density at radius 1 is 1.21 bits per heavy atom. The molecule has 1 amide bonds. The number of aromatic nitrogens is 1. The summed E-state index contributed by atoms with van der Waals surface area (Å²) in [6, 6.07) is 8.59. The number of hydrogen-bond acceptors (Lipinski definition) is 5. The molecule has 0 unspecified atom stereocenters. The zero-order valence-corrected chi connectivity index (χ0v) is 16.1. The van der Waals surface area contributed by atoms with Crippen molar-refractivity contribution in [3.8, 4) is 5.75 Å². The molecule has 2 aromatic rings. The lowest BCUT2D eigenvalue weighted by Crippen LogP contribution is -2.15. The molecule has 0 aliphatic rings. The van der Waals surface area contributed by atoms with Crippen LogP contribution in [0.15, 0.2) is 42.6 Å². The molecule has 0 saturated carbocycles. The van der Waals surface area contributed by atoms with Gasteiger partial charge in [0.05, 0.1) is 23.6 Å². The predicted octanol–water partition coefficient (Wildman–Crippen LogP) is 4.39. The standard InChI is InChI=1S/C19H21F3N2O3S/c1-26-9-10-27-17-6-5-14(19(20,21)22)12-16(17)24-18(25)7-11-28-13-15-4-2-3-8-23-15/h2-6,8,12H,7,9-11,13H2,1H3,(H,24,25). The molecule has 0 bridgehead atoms. The molecular weight excluding hydrogens is 393 g/mol. The topological polar surface area (TPSA) is 60.5 Å². The lowest BCUT2D eigenvalue weighted by molar-refractivity contribution is -0.137. The first-order valence-corrected chi connectivity index (χ1v) is 9.66. The minimum Gasteiger partial charge on any atom is -0.489 e.